The number of hydrogen-bond acceptors (Lipinski definition) is 7. The maximum Gasteiger partial charge on any atom is 0.278 e. The van der Waals surface area contributed by atoms with E-state index >= 15 is 0 Å². The van der Waals surface area contributed by atoms with Gasteiger partial charge in [-0.2, -0.15) is 0 Å². The summed E-state index contributed by atoms with van der Waals surface area (Å²) in [5.74, 6) is -3.48. The predicted octanol–water partition coefficient (Wildman–Crippen LogP) is 2.13. The molecule has 3 atom stereocenters. The van der Waals surface area contributed by atoms with Gasteiger partial charge in [-0.15, -0.1) is 0 Å². The Morgan fingerprint density at radius 3 is 2.75 bits per heavy atom. The number of carbonyl (C=O) groups is 3. The van der Waals surface area contributed by atoms with E-state index in [1.54, 1.807) is 6.20 Å². The highest BCUT2D eigenvalue weighted by atomic mass is 32.2. The molecule has 0 aliphatic carbocycles. The lowest BCUT2D eigenvalue weighted by Crippen LogP contribution is -2.53. The van der Waals surface area contributed by atoms with Crippen molar-refractivity contribution in [3.05, 3.63) is 42.1 Å². The fourth-order valence-electron chi connectivity index (χ4n) is 3.82. The van der Waals surface area contributed by atoms with E-state index in [1.807, 2.05) is 37.3 Å². The SMILES string of the molecule is CCCC[C@@H](C(=O)N1CCC[C@H]1C(=O)NN1NC=C(c2ccccc2)S1)[C@H](F)C(=O)NO. The number of unbranched alkanes of at least 4 members (excludes halogenated alkanes) is 1. The molecule has 3 amide bonds. The van der Waals surface area contributed by atoms with Crippen molar-refractivity contribution < 1.29 is 24.0 Å². The summed E-state index contributed by atoms with van der Waals surface area (Å²) in [6.45, 7) is 2.20. The highest BCUT2D eigenvalue weighted by Crippen LogP contribution is 2.32. The Labute approximate surface area is 190 Å². The van der Waals surface area contributed by atoms with Crippen LogP contribution in [0, 0.1) is 5.92 Å². The summed E-state index contributed by atoms with van der Waals surface area (Å²) in [6, 6.07) is 8.90. The molecule has 0 radical (unpaired) electrons. The molecule has 0 bridgehead atoms. The van der Waals surface area contributed by atoms with Gasteiger partial charge in [0, 0.05) is 24.7 Å². The van der Waals surface area contributed by atoms with Crippen molar-refractivity contribution in [2.45, 2.75) is 51.2 Å². The first kappa shape index (κ1) is 24.0. The number of likely N-dealkylation sites (tertiary alicyclic amines) is 1. The van der Waals surface area contributed by atoms with Gasteiger partial charge >= 0.3 is 0 Å². The highest BCUT2D eigenvalue weighted by molar-refractivity contribution is 8.06. The second kappa shape index (κ2) is 11.3. The molecule has 9 nitrogen and oxygen atoms in total. The van der Waals surface area contributed by atoms with Crippen molar-refractivity contribution >= 4 is 34.6 Å². The molecule has 2 aliphatic heterocycles. The van der Waals surface area contributed by atoms with Crippen molar-refractivity contribution in [1.29, 1.82) is 0 Å². The predicted molar refractivity (Wildman–Crippen MR) is 118 cm³/mol. The molecule has 0 unspecified atom stereocenters. The van der Waals surface area contributed by atoms with Gasteiger partial charge in [-0.3, -0.25) is 30.4 Å². The second-order valence-corrected chi connectivity index (χ2v) is 8.67. The molecule has 1 aromatic rings. The standard InChI is InChI=1S/C21H28FN5O4S/c1-2-3-10-15(18(22)20(29)25-31)21(30)26-12-7-11-16(26)19(28)24-27-23-13-17(32-27)14-8-5-4-6-9-14/h4-6,8-9,13,15-16,18,23,31H,2-3,7,10-12H2,1H3,(H,24,28)(H,25,29)/t15-,16+,18+/m1/s1. The van der Waals surface area contributed by atoms with Crippen LogP contribution in [-0.4, -0.2) is 51.1 Å². The monoisotopic (exact) mass is 465 g/mol. The summed E-state index contributed by atoms with van der Waals surface area (Å²) in [7, 11) is 0. The van der Waals surface area contributed by atoms with Crippen LogP contribution in [0.3, 0.4) is 0 Å². The number of alkyl halides is 1. The van der Waals surface area contributed by atoms with Crippen LogP contribution in [0.4, 0.5) is 4.39 Å². The number of benzene rings is 1. The number of carbonyl (C=O) groups excluding carboxylic acids is 3. The molecule has 11 heteroatoms. The van der Waals surface area contributed by atoms with Gasteiger partial charge < -0.3 is 4.90 Å². The zero-order chi connectivity index (χ0) is 23.1. The van der Waals surface area contributed by atoms with Crippen LogP contribution >= 0.6 is 11.9 Å². The zero-order valence-electron chi connectivity index (χ0n) is 17.8. The molecule has 1 aromatic carbocycles. The number of hydroxylamine groups is 1. The highest BCUT2D eigenvalue weighted by Gasteiger charge is 2.42. The van der Waals surface area contributed by atoms with E-state index in [1.165, 1.54) is 26.9 Å². The summed E-state index contributed by atoms with van der Waals surface area (Å²) in [4.78, 5) is 39.9. The minimum Gasteiger partial charge on any atom is -0.330 e. The van der Waals surface area contributed by atoms with Gasteiger partial charge in [-0.05, 0) is 24.8 Å². The van der Waals surface area contributed by atoms with Crippen molar-refractivity contribution in [2.75, 3.05) is 6.54 Å². The summed E-state index contributed by atoms with van der Waals surface area (Å²) >= 11 is 1.30. The van der Waals surface area contributed by atoms with Crippen molar-refractivity contribution in [3.63, 3.8) is 0 Å². The van der Waals surface area contributed by atoms with E-state index in [9.17, 15) is 18.8 Å². The Morgan fingerprint density at radius 1 is 1.31 bits per heavy atom. The van der Waals surface area contributed by atoms with Crippen LogP contribution in [0.1, 0.15) is 44.6 Å². The molecule has 0 saturated carbocycles. The van der Waals surface area contributed by atoms with Gasteiger partial charge in [0.25, 0.3) is 11.8 Å². The van der Waals surface area contributed by atoms with Crippen LogP contribution in [0.5, 0.6) is 0 Å². The van der Waals surface area contributed by atoms with Gasteiger partial charge in [0.15, 0.2) is 6.17 Å². The van der Waals surface area contributed by atoms with E-state index in [0.717, 1.165) is 16.9 Å². The first-order chi connectivity index (χ1) is 15.5. The number of nitrogens with one attached hydrogen (secondary N) is 3. The molecule has 3 rings (SSSR count). The van der Waals surface area contributed by atoms with E-state index in [4.69, 9.17) is 5.21 Å². The normalized spacial score (nSPS) is 20.3. The number of nitrogens with zero attached hydrogens (tertiary/aromatic N) is 2. The first-order valence-electron chi connectivity index (χ1n) is 10.6. The second-order valence-electron chi connectivity index (χ2n) is 7.68. The number of rotatable bonds is 9. The van der Waals surface area contributed by atoms with Crippen LogP contribution in [0.25, 0.3) is 4.91 Å². The molecular formula is C21H28FN5O4S. The maximum atomic E-state index is 14.6. The molecule has 1 saturated heterocycles. The largest absolute Gasteiger partial charge is 0.330 e. The minimum absolute atomic E-state index is 0.155. The van der Waals surface area contributed by atoms with E-state index in [-0.39, 0.29) is 6.42 Å². The van der Waals surface area contributed by atoms with Crippen LogP contribution in [0.15, 0.2) is 36.5 Å². The van der Waals surface area contributed by atoms with E-state index < -0.39 is 35.9 Å². The van der Waals surface area contributed by atoms with Crippen molar-refractivity contribution in [3.8, 4) is 0 Å². The molecule has 1 fully saturated rings. The molecule has 4 N–H and O–H groups in total. The molecule has 2 aliphatic rings. The summed E-state index contributed by atoms with van der Waals surface area (Å²) in [5.41, 5.74) is 7.97. The lowest BCUT2D eigenvalue weighted by molar-refractivity contribution is -0.149. The molecule has 0 aromatic heterocycles. The molecule has 174 valence electrons. The number of hydrogen-bond donors (Lipinski definition) is 4. The van der Waals surface area contributed by atoms with E-state index in [2.05, 4.69) is 10.9 Å². The van der Waals surface area contributed by atoms with Crippen LogP contribution < -0.4 is 16.3 Å². The van der Waals surface area contributed by atoms with Gasteiger partial charge in [0.05, 0.1) is 10.8 Å². The van der Waals surface area contributed by atoms with Gasteiger partial charge in [-0.25, -0.2) is 9.87 Å². The lowest BCUT2D eigenvalue weighted by atomic mass is 9.94. The van der Waals surface area contributed by atoms with Crippen molar-refractivity contribution in [2.24, 2.45) is 5.92 Å². The minimum atomic E-state index is -2.18. The Morgan fingerprint density at radius 2 is 2.06 bits per heavy atom. The summed E-state index contributed by atoms with van der Waals surface area (Å²) in [5, 5.41) is 8.78. The van der Waals surface area contributed by atoms with Gasteiger partial charge in [-0.1, -0.05) is 54.6 Å². The van der Waals surface area contributed by atoms with E-state index in [0.29, 0.717) is 25.8 Å². The Kier molecular flexibility index (Phi) is 8.48. The molecule has 32 heavy (non-hydrogen) atoms. The fraction of sp³-hybridized carbons (Fsp3) is 0.476. The fourth-order valence-corrected chi connectivity index (χ4v) is 4.60. The van der Waals surface area contributed by atoms with Crippen molar-refractivity contribution in [1.82, 2.24) is 25.8 Å². The van der Waals surface area contributed by atoms with Crippen LogP contribution in [0.2, 0.25) is 0 Å². The quantitative estimate of drug-likeness (QED) is 0.251. The Bertz CT molecular complexity index is 856. The number of hydrazine groups is 2. The van der Waals surface area contributed by atoms with Crippen LogP contribution in [-0.2, 0) is 14.4 Å². The third-order valence-electron chi connectivity index (χ3n) is 5.51. The Balaban J connectivity index is 1.63. The average Bonchev–Trinajstić information content (AvgIpc) is 3.49. The zero-order valence-corrected chi connectivity index (χ0v) is 18.6. The van der Waals surface area contributed by atoms with Gasteiger partial charge in [0.1, 0.15) is 6.04 Å². The Hall–Kier alpha value is -2.63. The average molecular weight is 466 g/mol. The first-order valence-corrected chi connectivity index (χ1v) is 11.4. The number of halogens is 1. The maximum absolute atomic E-state index is 14.6. The van der Waals surface area contributed by atoms with Gasteiger partial charge in [0.2, 0.25) is 5.91 Å². The summed E-state index contributed by atoms with van der Waals surface area (Å²) < 4.78 is 16.1. The third-order valence-corrected chi connectivity index (χ3v) is 6.44. The lowest BCUT2D eigenvalue weighted by Gasteiger charge is -2.30. The molecular weight excluding hydrogens is 437 g/mol. The topological polar surface area (TPSA) is 114 Å². The third kappa shape index (κ3) is 5.59. The number of amides is 3. The smallest absolute Gasteiger partial charge is 0.278 e. The molecule has 0 spiro atoms. The molecule has 2 heterocycles. The summed E-state index contributed by atoms with van der Waals surface area (Å²) in [6.07, 6.45) is 2.04.